The first-order chi connectivity index (χ1) is 15.5. The minimum absolute atomic E-state index is 0.101. The predicted molar refractivity (Wildman–Crippen MR) is 122 cm³/mol. The minimum atomic E-state index is -0.347. The summed E-state index contributed by atoms with van der Waals surface area (Å²) in [6, 6.07) is 18.4. The molecule has 0 atom stereocenters. The molecule has 0 aliphatic heterocycles. The van der Waals surface area contributed by atoms with Crippen LogP contribution in [-0.4, -0.2) is 31.2 Å². The first kappa shape index (κ1) is 21.3. The first-order valence-electron chi connectivity index (χ1n) is 9.72. The van der Waals surface area contributed by atoms with Crippen molar-refractivity contribution in [1.82, 2.24) is 0 Å². The zero-order valence-electron chi connectivity index (χ0n) is 17.1. The van der Waals surface area contributed by atoms with Gasteiger partial charge in [0.15, 0.2) is 29.7 Å². The fourth-order valence-corrected chi connectivity index (χ4v) is 3.46. The first-order valence-corrected chi connectivity index (χ1v) is 10.1. The second-order valence-corrected chi connectivity index (χ2v) is 7.45. The van der Waals surface area contributed by atoms with Gasteiger partial charge in [-0.3, -0.25) is 14.4 Å². The van der Waals surface area contributed by atoms with Gasteiger partial charge in [0.1, 0.15) is 0 Å². The summed E-state index contributed by atoms with van der Waals surface area (Å²) in [7, 11) is 1.47. The maximum atomic E-state index is 12.6. The van der Waals surface area contributed by atoms with Gasteiger partial charge in [-0.25, -0.2) is 0 Å². The van der Waals surface area contributed by atoms with Crippen LogP contribution in [0.3, 0.4) is 0 Å². The monoisotopic (exact) mass is 447 g/mol. The minimum Gasteiger partial charge on any atom is -0.493 e. The highest BCUT2D eigenvalue weighted by atomic mass is 35.5. The van der Waals surface area contributed by atoms with Crippen molar-refractivity contribution in [3.63, 3.8) is 0 Å². The van der Waals surface area contributed by atoms with Crippen LogP contribution in [0.15, 0.2) is 72.3 Å². The number of methoxy groups -OCH3 is 1. The van der Waals surface area contributed by atoms with E-state index in [9.17, 15) is 14.4 Å². The highest BCUT2D eigenvalue weighted by Crippen LogP contribution is 2.32. The molecule has 0 bridgehead atoms. The van der Waals surface area contributed by atoms with Gasteiger partial charge in [0, 0.05) is 21.8 Å². The number of rotatable bonds is 6. The fraction of sp³-hybridized carbons (Fsp3) is 0.0800. The zero-order valence-corrected chi connectivity index (χ0v) is 17.8. The van der Waals surface area contributed by atoms with Crippen LogP contribution in [0.1, 0.15) is 26.3 Å². The number of carbonyl (C=O) groups is 3. The highest BCUT2D eigenvalue weighted by molar-refractivity contribution is 6.41. The van der Waals surface area contributed by atoms with Crippen LogP contribution in [0.2, 0.25) is 5.02 Å². The van der Waals surface area contributed by atoms with Crippen molar-refractivity contribution in [2.75, 3.05) is 19.0 Å². The number of hydrogen-bond donors (Lipinski definition) is 1. The third kappa shape index (κ3) is 4.40. The van der Waals surface area contributed by atoms with Crippen molar-refractivity contribution < 1.29 is 23.9 Å². The Morgan fingerprint density at radius 2 is 1.59 bits per heavy atom. The van der Waals surface area contributed by atoms with Crippen LogP contribution in [0.25, 0.3) is 6.08 Å². The molecule has 0 fully saturated rings. The van der Waals surface area contributed by atoms with E-state index in [2.05, 4.69) is 5.32 Å². The number of carbonyl (C=O) groups excluding carboxylic acids is 3. The molecule has 0 spiro atoms. The fourth-order valence-electron chi connectivity index (χ4n) is 3.34. The number of hydrogen-bond acceptors (Lipinski definition) is 5. The van der Waals surface area contributed by atoms with Crippen molar-refractivity contribution >= 4 is 40.8 Å². The molecule has 3 aromatic carbocycles. The molecule has 160 valence electrons. The average molecular weight is 448 g/mol. The third-order valence-electron chi connectivity index (χ3n) is 4.89. The number of Topliss-reactive ketones (excluding diaryl/α,β-unsaturated/α-hetero) is 2. The number of nitrogens with one attached hydrogen (secondary N) is 1. The van der Waals surface area contributed by atoms with Crippen LogP contribution < -0.4 is 14.8 Å². The molecule has 32 heavy (non-hydrogen) atoms. The Bertz CT molecular complexity index is 1210. The van der Waals surface area contributed by atoms with Gasteiger partial charge in [-0.2, -0.15) is 0 Å². The van der Waals surface area contributed by atoms with Crippen molar-refractivity contribution in [2.45, 2.75) is 0 Å². The third-order valence-corrected chi connectivity index (χ3v) is 5.14. The molecule has 0 saturated carbocycles. The van der Waals surface area contributed by atoms with Gasteiger partial charge in [0.05, 0.1) is 12.7 Å². The van der Waals surface area contributed by atoms with Crippen LogP contribution in [0.5, 0.6) is 11.5 Å². The lowest BCUT2D eigenvalue weighted by Gasteiger charge is -2.12. The smallest absolute Gasteiger partial charge is 0.262 e. The molecule has 1 aliphatic carbocycles. The second-order valence-electron chi connectivity index (χ2n) is 7.02. The SMILES string of the molecule is COc1cc(C=C2C(=O)c3ccccc3C2=O)ccc1OCC(=O)Nc1ccc(Cl)cc1. The number of amides is 1. The van der Waals surface area contributed by atoms with Crippen molar-refractivity contribution in [2.24, 2.45) is 0 Å². The van der Waals surface area contributed by atoms with Crippen LogP contribution in [0, 0.1) is 0 Å². The zero-order chi connectivity index (χ0) is 22.7. The molecule has 1 aliphatic rings. The summed E-state index contributed by atoms with van der Waals surface area (Å²) in [5.74, 6) is -0.227. The lowest BCUT2D eigenvalue weighted by molar-refractivity contribution is -0.118. The normalized spacial score (nSPS) is 12.4. The number of fused-ring (bicyclic) bond motifs is 1. The van der Waals surface area contributed by atoms with Crippen LogP contribution >= 0.6 is 11.6 Å². The van der Waals surface area contributed by atoms with E-state index in [1.54, 1.807) is 66.7 Å². The van der Waals surface area contributed by atoms with E-state index in [1.165, 1.54) is 13.2 Å². The van der Waals surface area contributed by atoms with Gasteiger partial charge in [-0.1, -0.05) is 41.9 Å². The number of ketones is 2. The van der Waals surface area contributed by atoms with Gasteiger partial charge in [0.25, 0.3) is 5.91 Å². The Labute approximate surface area is 189 Å². The summed E-state index contributed by atoms with van der Waals surface area (Å²) < 4.78 is 10.9. The summed E-state index contributed by atoms with van der Waals surface area (Å²) in [5, 5.41) is 3.28. The highest BCUT2D eigenvalue weighted by Gasteiger charge is 2.32. The van der Waals surface area contributed by atoms with Crippen molar-refractivity contribution in [3.05, 3.63) is 94.0 Å². The number of halogens is 1. The van der Waals surface area contributed by atoms with E-state index < -0.39 is 0 Å². The molecule has 7 heteroatoms. The molecule has 0 saturated heterocycles. The maximum Gasteiger partial charge on any atom is 0.262 e. The van der Waals surface area contributed by atoms with E-state index in [1.807, 2.05) is 0 Å². The molecule has 1 N–H and O–H groups in total. The number of ether oxygens (including phenoxy) is 2. The lowest BCUT2D eigenvalue weighted by atomic mass is 10.1. The summed E-state index contributed by atoms with van der Waals surface area (Å²) >= 11 is 5.84. The Kier molecular flexibility index (Phi) is 6.05. The Balaban J connectivity index is 1.47. The molecule has 0 unspecified atom stereocenters. The van der Waals surface area contributed by atoms with E-state index in [0.717, 1.165) is 0 Å². The topological polar surface area (TPSA) is 81.7 Å². The van der Waals surface area contributed by atoms with Gasteiger partial charge in [-0.15, -0.1) is 0 Å². The summed E-state index contributed by atoms with van der Waals surface area (Å²) in [5.41, 5.74) is 2.11. The van der Waals surface area contributed by atoms with E-state index in [-0.39, 0.29) is 29.7 Å². The molecular formula is C25H18ClNO5. The summed E-state index contributed by atoms with van der Waals surface area (Å²) in [6.07, 6.45) is 1.53. The molecule has 0 aromatic heterocycles. The van der Waals surface area contributed by atoms with Crippen molar-refractivity contribution in [3.8, 4) is 11.5 Å². The molecule has 1 amide bonds. The maximum absolute atomic E-state index is 12.6. The molecular weight excluding hydrogens is 430 g/mol. The molecule has 6 nitrogen and oxygen atoms in total. The summed E-state index contributed by atoms with van der Waals surface area (Å²) in [4.78, 5) is 37.3. The number of anilines is 1. The van der Waals surface area contributed by atoms with Gasteiger partial charge >= 0.3 is 0 Å². The molecule has 0 radical (unpaired) electrons. The Morgan fingerprint density at radius 3 is 2.22 bits per heavy atom. The van der Waals surface area contributed by atoms with E-state index >= 15 is 0 Å². The van der Waals surface area contributed by atoms with Gasteiger partial charge in [0.2, 0.25) is 0 Å². The van der Waals surface area contributed by atoms with Gasteiger partial charge in [-0.05, 0) is 48.0 Å². The van der Waals surface area contributed by atoms with Crippen molar-refractivity contribution in [1.29, 1.82) is 0 Å². The predicted octanol–water partition coefficient (Wildman–Crippen LogP) is 4.83. The average Bonchev–Trinajstić information content (AvgIpc) is 3.04. The number of allylic oxidation sites excluding steroid dienone is 1. The quantitative estimate of drug-likeness (QED) is 0.432. The van der Waals surface area contributed by atoms with E-state index in [0.29, 0.717) is 38.9 Å². The Morgan fingerprint density at radius 1 is 0.938 bits per heavy atom. The standard InChI is InChI=1S/C25H18ClNO5/c1-31-22-13-15(12-20-24(29)18-4-2-3-5-19(18)25(20)30)6-11-21(22)32-14-23(28)27-17-9-7-16(26)8-10-17/h2-13H,14H2,1H3,(H,27,28). The number of benzene rings is 3. The van der Waals surface area contributed by atoms with Gasteiger partial charge < -0.3 is 14.8 Å². The molecule has 3 aromatic rings. The molecule has 4 rings (SSSR count). The van der Waals surface area contributed by atoms with Crippen LogP contribution in [0.4, 0.5) is 5.69 Å². The molecule has 0 heterocycles. The second kappa shape index (κ2) is 9.08. The van der Waals surface area contributed by atoms with Crippen LogP contribution in [-0.2, 0) is 4.79 Å². The Hall–Kier alpha value is -3.90. The van der Waals surface area contributed by atoms with E-state index in [4.69, 9.17) is 21.1 Å². The largest absolute Gasteiger partial charge is 0.493 e. The lowest BCUT2D eigenvalue weighted by Crippen LogP contribution is -2.20. The summed E-state index contributed by atoms with van der Waals surface area (Å²) in [6.45, 7) is -0.230.